The molecule has 1 saturated heterocycles. The summed E-state index contributed by atoms with van der Waals surface area (Å²) in [4.78, 5) is 21.3. The number of halogens is 2. The predicted molar refractivity (Wildman–Crippen MR) is 123 cm³/mol. The van der Waals surface area contributed by atoms with E-state index in [9.17, 15) is 9.18 Å². The third-order valence-corrected chi connectivity index (χ3v) is 6.03. The van der Waals surface area contributed by atoms with Gasteiger partial charge in [-0.15, -0.1) is 12.4 Å². The molecule has 0 radical (unpaired) electrons. The van der Waals surface area contributed by atoms with Crippen molar-refractivity contribution in [2.24, 2.45) is 0 Å². The number of aromatic nitrogens is 1. The van der Waals surface area contributed by atoms with Gasteiger partial charge in [-0.05, 0) is 36.8 Å². The maximum absolute atomic E-state index is 14.1. The first-order chi connectivity index (χ1) is 14.6. The average molecular weight is 466 g/mol. The summed E-state index contributed by atoms with van der Waals surface area (Å²) >= 11 is 1.31. The number of thiazole rings is 1. The van der Waals surface area contributed by atoms with Gasteiger partial charge in [0.15, 0.2) is 11.7 Å². The van der Waals surface area contributed by atoms with E-state index in [4.69, 9.17) is 9.47 Å². The summed E-state index contributed by atoms with van der Waals surface area (Å²) in [6, 6.07) is 12.4. The Bertz CT molecular complexity index is 1030. The van der Waals surface area contributed by atoms with Gasteiger partial charge in [0.2, 0.25) is 0 Å². The number of fused-ring (bicyclic) bond motifs is 1. The van der Waals surface area contributed by atoms with E-state index in [0.717, 1.165) is 18.7 Å². The SMILES string of the molecule is Cc1cccc(OCC(=O)N(CCN2CCOCC2)c2nc3c(F)cccc3s2)c1.Cl. The van der Waals surface area contributed by atoms with Crippen molar-refractivity contribution in [3.8, 4) is 5.75 Å². The molecular formula is C22H25ClFN3O3S. The first kappa shape index (κ1) is 23.4. The molecule has 0 N–H and O–H groups in total. The van der Waals surface area contributed by atoms with Crippen LogP contribution in [0.1, 0.15) is 5.56 Å². The van der Waals surface area contributed by atoms with Gasteiger partial charge in [0.25, 0.3) is 5.91 Å². The maximum Gasteiger partial charge on any atom is 0.266 e. The van der Waals surface area contributed by atoms with Gasteiger partial charge in [0.1, 0.15) is 17.1 Å². The average Bonchev–Trinajstić information content (AvgIpc) is 3.18. The lowest BCUT2D eigenvalue weighted by molar-refractivity contribution is -0.120. The van der Waals surface area contributed by atoms with E-state index < -0.39 is 0 Å². The van der Waals surface area contributed by atoms with Crippen LogP contribution in [-0.2, 0) is 9.53 Å². The van der Waals surface area contributed by atoms with E-state index in [2.05, 4.69) is 9.88 Å². The molecule has 31 heavy (non-hydrogen) atoms. The Morgan fingerprint density at radius 1 is 1.26 bits per heavy atom. The number of carbonyl (C=O) groups is 1. The number of hydrogen-bond acceptors (Lipinski definition) is 6. The van der Waals surface area contributed by atoms with Crippen LogP contribution in [0.25, 0.3) is 10.2 Å². The molecule has 4 rings (SSSR count). The fourth-order valence-electron chi connectivity index (χ4n) is 3.34. The van der Waals surface area contributed by atoms with Gasteiger partial charge in [0.05, 0.1) is 17.9 Å². The van der Waals surface area contributed by atoms with E-state index in [1.807, 2.05) is 37.3 Å². The number of nitrogens with zero attached hydrogens (tertiary/aromatic N) is 3. The molecule has 2 heterocycles. The molecule has 0 aliphatic carbocycles. The topological polar surface area (TPSA) is 54.9 Å². The van der Waals surface area contributed by atoms with Crippen LogP contribution < -0.4 is 9.64 Å². The zero-order valence-corrected chi connectivity index (χ0v) is 18.9. The van der Waals surface area contributed by atoms with Gasteiger partial charge >= 0.3 is 0 Å². The van der Waals surface area contributed by atoms with Gasteiger partial charge in [-0.1, -0.05) is 29.5 Å². The quantitative estimate of drug-likeness (QED) is 0.529. The number of carbonyl (C=O) groups excluding carboxylic acids is 1. The smallest absolute Gasteiger partial charge is 0.266 e. The number of morpholine rings is 1. The maximum atomic E-state index is 14.1. The minimum Gasteiger partial charge on any atom is -0.484 e. The number of anilines is 1. The van der Waals surface area contributed by atoms with E-state index >= 15 is 0 Å². The van der Waals surface area contributed by atoms with Crippen LogP contribution in [0.2, 0.25) is 0 Å². The third kappa shape index (κ3) is 5.92. The summed E-state index contributed by atoms with van der Waals surface area (Å²) in [5.41, 5.74) is 1.35. The van der Waals surface area contributed by atoms with E-state index in [1.165, 1.54) is 17.4 Å². The lowest BCUT2D eigenvalue weighted by atomic mass is 10.2. The molecule has 6 nitrogen and oxygen atoms in total. The molecule has 166 valence electrons. The van der Waals surface area contributed by atoms with Crippen LogP contribution in [0.5, 0.6) is 5.75 Å². The number of ether oxygens (including phenoxy) is 2. The molecular weight excluding hydrogens is 441 g/mol. The molecule has 1 aliphatic heterocycles. The lowest BCUT2D eigenvalue weighted by Gasteiger charge is -2.29. The van der Waals surface area contributed by atoms with Crippen LogP contribution in [0.4, 0.5) is 9.52 Å². The van der Waals surface area contributed by atoms with Crippen LogP contribution in [0.15, 0.2) is 42.5 Å². The van der Waals surface area contributed by atoms with Gasteiger partial charge in [-0.3, -0.25) is 14.6 Å². The van der Waals surface area contributed by atoms with Gasteiger partial charge < -0.3 is 9.47 Å². The van der Waals surface area contributed by atoms with E-state index in [1.54, 1.807) is 11.0 Å². The second-order valence-electron chi connectivity index (χ2n) is 7.19. The monoisotopic (exact) mass is 465 g/mol. The molecule has 0 unspecified atom stereocenters. The Balaban J connectivity index is 0.00000272. The zero-order chi connectivity index (χ0) is 20.9. The Hall–Kier alpha value is -2.26. The number of rotatable bonds is 7. The van der Waals surface area contributed by atoms with Crippen molar-refractivity contribution in [2.45, 2.75) is 6.92 Å². The summed E-state index contributed by atoms with van der Waals surface area (Å²) in [6.45, 7) is 6.06. The number of benzene rings is 2. The fourth-order valence-corrected chi connectivity index (χ4v) is 4.36. The van der Waals surface area contributed by atoms with Crippen LogP contribution in [-0.4, -0.2) is 61.8 Å². The molecule has 1 aliphatic rings. The molecule has 1 fully saturated rings. The molecule has 0 spiro atoms. The highest BCUT2D eigenvalue weighted by atomic mass is 35.5. The Morgan fingerprint density at radius 2 is 2.03 bits per heavy atom. The van der Waals surface area contributed by atoms with Crippen LogP contribution >= 0.6 is 23.7 Å². The summed E-state index contributed by atoms with van der Waals surface area (Å²) in [6.07, 6.45) is 0. The molecule has 0 atom stereocenters. The van der Waals surface area contributed by atoms with Crippen molar-refractivity contribution in [2.75, 3.05) is 50.9 Å². The predicted octanol–water partition coefficient (Wildman–Crippen LogP) is 3.91. The van der Waals surface area contributed by atoms with Crippen LogP contribution in [0, 0.1) is 12.7 Å². The standard InChI is InChI=1S/C22H24FN3O3S.ClH/c1-16-4-2-5-17(14-16)29-15-20(27)26(9-8-25-10-12-28-13-11-25)22-24-21-18(23)6-3-7-19(21)30-22;/h2-7,14H,8-13,15H2,1H3;1H. The molecule has 0 saturated carbocycles. The number of hydrogen-bond donors (Lipinski definition) is 0. The van der Waals surface area contributed by atoms with Crippen molar-refractivity contribution in [1.29, 1.82) is 0 Å². The van der Waals surface area contributed by atoms with Crippen LogP contribution in [0.3, 0.4) is 0 Å². The molecule has 1 aromatic heterocycles. The minimum absolute atomic E-state index is 0. The second kappa shape index (κ2) is 10.9. The van der Waals surface area contributed by atoms with E-state index in [-0.39, 0.29) is 30.7 Å². The minimum atomic E-state index is -0.383. The Morgan fingerprint density at radius 3 is 2.77 bits per heavy atom. The number of para-hydroxylation sites is 1. The molecule has 9 heteroatoms. The highest BCUT2D eigenvalue weighted by Gasteiger charge is 2.23. The largest absolute Gasteiger partial charge is 0.484 e. The summed E-state index contributed by atoms with van der Waals surface area (Å²) in [5.74, 6) is 0.0580. The zero-order valence-electron chi connectivity index (χ0n) is 17.3. The van der Waals surface area contributed by atoms with Crippen molar-refractivity contribution < 1.29 is 18.7 Å². The van der Waals surface area contributed by atoms with E-state index in [0.29, 0.717) is 47.4 Å². The number of amides is 1. The third-order valence-electron chi connectivity index (χ3n) is 4.99. The summed E-state index contributed by atoms with van der Waals surface area (Å²) in [5, 5.41) is 0.487. The highest BCUT2D eigenvalue weighted by Crippen LogP contribution is 2.30. The molecule has 1 amide bonds. The lowest BCUT2D eigenvalue weighted by Crippen LogP contribution is -2.44. The number of aryl methyl sites for hydroxylation is 1. The summed E-state index contributed by atoms with van der Waals surface area (Å²) < 4.78 is 26.0. The second-order valence-corrected chi connectivity index (χ2v) is 8.20. The van der Waals surface area contributed by atoms with Gasteiger partial charge in [0, 0.05) is 26.2 Å². The van der Waals surface area contributed by atoms with Crippen molar-refractivity contribution in [3.05, 3.63) is 53.8 Å². The van der Waals surface area contributed by atoms with Crippen molar-refractivity contribution >= 4 is 45.0 Å². The fraction of sp³-hybridized carbons (Fsp3) is 0.364. The van der Waals surface area contributed by atoms with Crippen molar-refractivity contribution in [1.82, 2.24) is 9.88 Å². The van der Waals surface area contributed by atoms with Gasteiger partial charge in [-0.2, -0.15) is 0 Å². The molecule has 2 aromatic carbocycles. The molecule has 0 bridgehead atoms. The molecule has 3 aromatic rings. The Labute approximate surface area is 191 Å². The van der Waals surface area contributed by atoms with Crippen molar-refractivity contribution in [3.63, 3.8) is 0 Å². The van der Waals surface area contributed by atoms with Gasteiger partial charge in [-0.25, -0.2) is 9.37 Å². The highest BCUT2D eigenvalue weighted by molar-refractivity contribution is 7.22. The Kier molecular flexibility index (Phi) is 8.20. The first-order valence-corrected chi connectivity index (χ1v) is 10.8. The summed E-state index contributed by atoms with van der Waals surface area (Å²) in [7, 11) is 0. The first-order valence-electron chi connectivity index (χ1n) is 9.95. The normalized spacial score (nSPS) is 14.3.